The number of carbonyl (C=O) groups is 4. The van der Waals surface area contributed by atoms with Crippen LogP contribution in [0.1, 0.15) is 36.2 Å². The number of ether oxygens (including phenoxy) is 1. The van der Waals surface area contributed by atoms with E-state index in [1.54, 1.807) is 24.3 Å². The van der Waals surface area contributed by atoms with E-state index in [1.807, 2.05) is 19.0 Å². The number of hydrogen-bond acceptors (Lipinski definition) is 6. The van der Waals surface area contributed by atoms with Crippen molar-refractivity contribution >= 4 is 23.8 Å². The van der Waals surface area contributed by atoms with E-state index in [2.05, 4.69) is 0 Å². The summed E-state index contributed by atoms with van der Waals surface area (Å²) in [4.78, 5) is 51.8. The van der Waals surface area contributed by atoms with Gasteiger partial charge in [-0.15, -0.1) is 0 Å². The molecule has 0 aromatic heterocycles. The fourth-order valence-electron chi connectivity index (χ4n) is 2.32. The highest BCUT2D eigenvalue weighted by molar-refractivity contribution is 6.04. The molecule has 0 fully saturated rings. The molecule has 8 nitrogen and oxygen atoms in total. The number of imide groups is 2. The van der Waals surface area contributed by atoms with Crippen LogP contribution in [0.5, 0.6) is 0 Å². The fourth-order valence-corrected chi connectivity index (χ4v) is 2.32. The van der Waals surface area contributed by atoms with Crippen molar-refractivity contribution in [2.24, 2.45) is 0 Å². The molecule has 4 amide bonds. The molecule has 0 saturated heterocycles. The molecule has 0 atom stereocenters. The Labute approximate surface area is 159 Å². The summed E-state index contributed by atoms with van der Waals surface area (Å²) in [5.74, 6) is -1.28. The van der Waals surface area contributed by atoms with Crippen molar-refractivity contribution in [1.29, 1.82) is 0 Å². The van der Waals surface area contributed by atoms with Gasteiger partial charge in [0, 0.05) is 38.6 Å². The molecule has 0 aliphatic rings. The van der Waals surface area contributed by atoms with Gasteiger partial charge in [-0.2, -0.15) is 0 Å². The van der Waals surface area contributed by atoms with E-state index >= 15 is 0 Å². The summed E-state index contributed by atoms with van der Waals surface area (Å²) in [5, 5.41) is 0. The summed E-state index contributed by atoms with van der Waals surface area (Å²) in [7, 11) is 5.19. The molecule has 27 heavy (non-hydrogen) atoms. The molecule has 0 spiro atoms. The number of amides is 4. The molecule has 0 radical (unpaired) electrons. The van der Waals surface area contributed by atoms with Gasteiger partial charge in [-0.1, -0.05) is 18.2 Å². The Morgan fingerprint density at radius 1 is 0.926 bits per heavy atom. The summed E-state index contributed by atoms with van der Waals surface area (Å²) < 4.78 is 5.24. The van der Waals surface area contributed by atoms with Crippen molar-refractivity contribution in [3.05, 3.63) is 35.4 Å². The number of hydrogen-bond donors (Lipinski definition) is 0. The van der Waals surface area contributed by atoms with Crippen molar-refractivity contribution in [3.63, 3.8) is 0 Å². The fraction of sp³-hybridized carbons (Fsp3) is 0.474. The van der Waals surface area contributed by atoms with Crippen LogP contribution in [-0.2, 0) is 20.9 Å². The van der Waals surface area contributed by atoms with Crippen LogP contribution in [0.15, 0.2) is 24.3 Å². The molecule has 0 saturated carbocycles. The summed E-state index contributed by atoms with van der Waals surface area (Å²) >= 11 is 0. The first-order valence-corrected chi connectivity index (χ1v) is 8.61. The smallest absolute Gasteiger partial charge is 0.416 e. The van der Waals surface area contributed by atoms with E-state index in [0.717, 1.165) is 16.3 Å². The Hall–Kier alpha value is -2.74. The van der Waals surface area contributed by atoms with Gasteiger partial charge in [0.25, 0.3) is 5.91 Å². The van der Waals surface area contributed by atoms with Gasteiger partial charge in [0.2, 0.25) is 11.8 Å². The van der Waals surface area contributed by atoms with Crippen molar-refractivity contribution in [2.75, 3.05) is 34.2 Å². The van der Waals surface area contributed by atoms with Crippen molar-refractivity contribution in [3.8, 4) is 0 Å². The van der Waals surface area contributed by atoms with Crippen LogP contribution in [0.4, 0.5) is 4.79 Å². The van der Waals surface area contributed by atoms with Crippen LogP contribution in [0.3, 0.4) is 0 Å². The molecule has 1 aromatic carbocycles. The predicted molar refractivity (Wildman–Crippen MR) is 100.0 cm³/mol. The predicted octanol–water partition coefficient (Wildman–Crippen LogP) is 1.74. The Bertz CT molecular complexity index is 702. The Morgan fingerprint density at radius 3 is 2.11 bits per heavy atom. The number of rotatable bonds is 7. The van der Waals surface area contributed by atoms with Crippen LogP contribution in [0, 0.1) is 0 Å². The molecule has 0 aliphatic carbocycles. The van der Waals surface area contributed by atoms with E-state index < -0.39 is 23.8 Å². The average Bonchev–Trinajstić information content (AvgIpc) is 2.61. The van der Waals surface area contributed by atoms with E-state index in [9.17, 15) is 19.2 Å². The molecule has 1 rings (SSSR count). The van der Waals surface area contributed by atoms with Crippen LogP contribution >= 0.6 is 0 Å². The Kier molecular flexibility index (Phi) is 8.61. The highest BCUT2D eigenvalue weighted by atomic mass is 16.6. The van der Waals surface area contributed by atoms with Crippen LogP contribution in [0.2, 0.25) is 0 Å². The number of nitrogens with zero attached hydrogens (tertiary/aromatic N) is 3. The first-order valence-electron chi connectivity index (χ1n) is 8.61. The standard InChI is InChI=1S/C19H27N3O5/c1-14(23)21(5)18(25)17-10-7-6-9-16(17)13-27-19(26)22(15(2)24)12-8-11-20(3)4/h6-7,9-10H,8,11-13H2,1-5H3. The zero-order chi connectivity index (χ0) is 20.6. The third-order valence-corrected chi connectivity index (χ3v) is 3.96. The van der Waals surface area contributed by atoms with Crippen molar-refractivity contribution in [2.45, 2.75) is 26.9 Å². The Balaban J connectivity index is 2.81. The maximum atomic E-state index is 12.4. The highest BCUT2D eigenvalue weighted by Crippen LogP contribution is 2.14. The van der Waals surface area contributed by atoms with E-state index in [4.69, 9.17) is 4.74 Å². The topological polar surface area (TPSA) is 87.2 Å². The van der Waals surface area contributed by atoms with Gasteiger partial charge in [0.05, 0.1) is 0 Å². The normalized spacial score (nSPS) is 10.4. The SMILES string of the molecule is CC(=O)N(C)C(=O)c1ccccc1COC(=O)N(CCCN(C)C)C(C)=O. The number of benzene rings is 1. The second kappa shape index (κ2) is 10.4. The molecular formula is C19H27N3O5. The van der Waals surface area contributed by atoms with Gasteiger partial charge in [-0.05, 0) is 33.1 Å². The molecule has 8 heteroatoms. The summed E-state index contributed by atoms with van der Waals surface area (Å²) in [6.45, 7) is 3.39. The average molecular weight is 377 g/mol. The van der Waals surface area contributed by atoms with Gasteiger partial charge in [0.15, 0.2) is 0 Å². The van der Waals surface area contributed by atoms with Gasteiger partial charge in [-0.3, -0.25) is 19.3 Å². The van der Waals surface area contributed by atoms with E-state index in [-0.39, 0.29) is 18.7 Å². The summed E-state index contributed by atoms with van der Waals surface area (Å²) in [6, 6.07) is 6.56. The first kappa shape index (κ1) is 22.3. The zero-order valence-electron chi connectivity index (χ0n) is 16.5. The first-order chi connectivity index (χ1) is 12.6. The van der Waals surface area contributed by atoms with Crippen molar-refractivity contribution in [1.82, 2.24) is 14.7 Å². The van der Waals surface area contributed by atoms with Gasteiger partial charge in [-0.25, -0.2) is 9.69 Å². The van der Waals surface area contributed by atoms with Gasteiger partial charge < -0.3 is 9.64 Å². The lowest BCUT2D eigenvalue weighted by molar-refractivity contribution is -0.127. The van der Waals surface area contributed by atoms with Gasteiger partial charge >= 0.3 is 6.09 Å². The molecule has 148 valence electrons. The molecule has 1 aromatic rings. The van der Waals surface area contributed by atoms with Crippen molar-refractivity contribution < 1.29 is 23.9 Å². The lowest BCUT2D eigenvalue weighted by Crippen LogP contribution is -2.37. The second-order valence-corrected chi connectivity index (χ2v) is 6.42. The quantitative estimate of drug-likeness (QED) is 0.719. The van der Waals surface area contributed by atoms with Crippen LogP contribution < -0.4 is 0 Å². The lowest BCUT2D eigenvalue weighted by atomic mass is 10.1. The molecule has 0 unspecified atom stereocenters. The number of carbonyl (C=O) groups excluding carboxylic acids is 4. The molecule has 0 N–H and O–H groups in total. The molecule has 0 bridgehead atoms. The Morgan fingerprint density at radius 2 is 1.56 bits per heavy atom. The minimum absolute atomic E-state index is 0.177. The highest BCUT2D eigenvalue weighted by Gasteiger charge is 2.22. The summed E-state index contributed by atoms with van der Waals surface area (Å²) in [5.41, 5.74) is 0.728. The van der Waals surface area contributed by atoms with E-state index in [0.29, 0.717) is 12.0 Å². The largest absolute Gasteiger partial charge is 0.444 e. The lowest BCUT2D eigenvalue weighted by Gasteiger charge is -2.20. The third-order valence-electron chi connectivity index (χ3n) is 3.96. The maximum Gasteiger partial charge on any atom is 0.416 e. The van der Waals surface area contributed by atoms with Gasteiger partial charge in [0.1, 0.15) is 6.61 Å². The van der Waals surface area contributed by atoms with E-state index in [1.165, 1.54) is 20.9 Å². The molecular weight excluding hydrogens is 350 g/mol. The molecule has 0 aliphatic heterocycles. The maximum absolute atomic E-state index is 12.4. The summed E-state index contributed by atoms with van der Waals surface area (Å²) in [6.07, 6.45) is -0.136. The second-order valence-electron chi connectivity index (χ2n) is 6.42. The minimum atomic E-state index is -0.761. The minimum Gasteiger partial charge on any atom is -0.444 e. The monoisotopic (exact) mass is 377 g/mol. The zero-order valence-corrected chi connectivity index (χ0v) is 16.5. The molecule has 0 heterocycles. The third kappa shape index (κ3) is 6.82. The van der Waals surface area contributed by atoms with Crippen LogP contribution in [-0.4, -0.2) is 72.7 Å². The van der Waals surface area contributed by atoms with Crippen LogP contribution in [0.25, 0.3) is 0 Å².